The molecule has 0 spiro atoms. The Kier molecular flexibility index (Phi) is 4.36. The number of aliphatic carboxylic acids is 2. The Morgan fingerprint density at radius 2 is 2.04 bits per heavy atom. The molecule has 2 aliphatic carbocycles. The van der Waals surface area contributed by atoms with Gasteiger partial charge in [-0.05, 0) is 42.9 Å². The first-order chi connectivity index (χ1) is 11.8. The average Bonchev–Trinajstić information content (AvgIpc) is 3.18. The van der Waals surface area contributed by atoms with Crippen molar-refractivity contribution in [2.75, 3.05) is 0 Å². The van der Waals surface area contributed by atoms with Gasteiger partial charge in [-0.15, -0.1) is 0 Å². The standard InChI is InChI=1S/C18H18F2O5/c1-2-5-18(17(23)24)13(7-10-14(15(10)18)16(21)22)25-8-9-3-4-11(19)12(20)6-9/h2-6,10,13-15H,7-8H2,1H3,(H,21,22)(H,23,24)/b5-2+. The molecule has 0 saturated heterocycles. The lowest BCUT2D eigenvalue weighted by Crippen LogP contribution is -2.43. The molecule has 2 fully saturated rings. The number of carboxylic acid groups (broad SMARTS) is 2. The number of carboxylic acids is 2. The zero-order valence-corrected chi connectivity index (χ0v) is 13.5. The van der Waals surface area contributed by atoms with E-state index in [9.17, 15) is 28.6 Å². The molecule has 5 unspecified atom stereocenters. The number of hydrogen-bond donors (Lipinski definition) is 2. The number of ether oxygens (including phenoxy) is 1. The first-order valence-electron chi connectivity index (χ1n) is 7.98. The molecule has 7 heteroatoms. The third-order valence-electron chi connectivity index (χ3n) is 5.27. The van der Waals surface area contributed by atoms with E-state index in [4.69, 9.17) is 4.74 Å². The van der Waals surface area contributed by atoms with Gasteiger partial charge in [-0.25, -0.2) is 8.78 Å². The molecule has 3 rings (SSSR count). The molecule has 0 heterocycles. The second-order valence-corrected chi connectivity index (χ2v) is 6.58. The molecule has 2 saturated carbocycles. The van der Waals surface area contributed by atoms with E-state index < -0.39 is 46.9 Å². The second-order valence-electron chi connectivity index (χ2n) is 6.58. The number of allylic oxidation sites excluding steroid dienone is 1. The van der Waals surface area contributed by atoms with Crippen molar-refractivity contribution < 1.29 is 33.3 Å². The fourth-order valence-electron chi connectivity index (χ4n) is 4.19. The van der Waals surface area contributed by atoms with Crippen LogP contribution in [0.3, 0.4) is 0 Å². The number of benzene rings is 1. The van der Waals surface area contributed by atoms with Crippen molar-refractivity contribution in [3.05, 3.63) is 47.5 Å². The highest BCUT2D eigenvalue weighted by Gasteiger charge is 2.74. The van der Waals surface area contributed by atoms with Crippen molar-refractivity contribution in [2.45, 2.75) is 26.1 Å². The molecule has 5 atom stereocenters. The van der Waals surface area contributed by atoms with Crippen molar-refractivity contribution in [1.82, 2.24) is 0 Å². The van der Waals surface area contributed by atoms with Crippen LogP contribution in [0.2, 0.25) is 0 Å². The number of halogens is 2. The van der Waals surface area contributed by atoms with Gasteiger partial charge >= 0.3 is 11.9 Å². The fourth-order valence-corrected chi connectivity index (χ4v) is 4.19. The summed E-state index contributed by atoms with van der Waals surface area (Å²) in [6.07, 6.45) is 2.67. The maximum absolute atomic E-state index is 13.3. The minimum absolute atomic E-state index is 0.0777. The highest BCUT2D eigenvalue weighted by atomic mass is 19.2. The Balaban J connectivity index is 1.82. The summed E-state index contributed by atoms with van der Waals surface area (Å²) in [5.74, 6) is -5.55. The van der Waals surface area contributed by atoms with Gasteiger partial charge in [0, 0.05) is 0 Å². The van der Waals surface area contributed by atoms with Crippen LogP contribution in [-0.4, -0.2) is 28.3 Å². The summed E-state index contributed by atoms with van der Waals surface area (Å²) in [6, 6.07) is 3.35. The van der Waals surface area contributed by atoms with E-state index >= 15 is 0 Å². The summed E-state index contributed by atoms with van der Waals surface area (Å²) in [6.45, 7) is 1.59. The van der Waals surface area contributed by atoms with E-state index in [0.29, 0.717) is 12.0 Å². The van der Waals surface area contributed by atoms with E-state index in [1.807, 2.05) is 0 Å². The van der Waals surface area contributed by atoms with Crippen LogP contribution in [0, 0.1) is 34.8 Å². The van der Waals surface area contributed by atoms with Gasteiger partial charge in [-0.3, -0.25) is 9.59 Å². The zero-order valence-electron chi connectivity index (χ0n) is 13.5. The predicted molar refractivity (Wildman–Crippen MR) is 82.5 cm³/mol. The monoisotopic (exact) mass is 352 g/mol. The van der Waals surface area contributed by atoms with E-state index in [0.717, 1.165) is 12.1 Å². The van der Waals surface area contributed by atoms with Gasteiger partial charge in [0.15, 0.2) is 11.6 Å². The normalized spacial score (nSPS) is 33.4. The highest BCUT2D eigenvalue weighted by Crippen LogP contribution is 2.67. The first-order valence-corrected chi connectivity index (χ1v) is 7.98. The number of fused-ring (bicyclic) bond motifs is 1. The van der Waals surface area contributed by atoms with Crippen LogP contribution in [0.4, 0.5) is 8.78 Å². The van der Waals surface area contributed by atoms with Gasteiger partial charge in [0.1, 0.15) is 5.41 Å². The lowest BCUT2D eigenvalue weighted by Gasteiger charge is -2.32. The van der Waals surface area contributed by atoms with E-state index in [-0.39, 0.29) is 12.5 Å². The van der Waals surface area contributed by atoms with Gasteiger partial charge in [0.05, 0.1) is 18.6 Å². The van der Waals surface area contributed by atoms with Crippen molar-refractivity contribution in [3.63, 3.8) is 0 Å². The van der Waals surface area contributed by atoms with Gasteiger partial charge < -0.3 is 14.9 Å². The molecular formula is C18H18F2O5. The van der Waals surface area contributed by atoms with Crippen molar-refractivity contribution >= 4 is 11.9 Å². The average molecular weight is 352 g/mol. The van der Waals surface area contributed by atoms with Crippen molar-refractivity contribution in [2.24, 2.45) is 23.2 Å². The molecule has 25 heavy (non-hydrogen) atoms. The minimum atomic E-state index is -1.42. The molecular weight excluding hydrogens is 334 g/mol. The third-order valence-corrected chi connectivity index (χ3v) is 5.27. The predicted octanol–water partition coefficient (Wildman–Crippen LogP) is 2.85. The Morgan fingerprint density at radius 1 is 1.32 bits per heavy atom. The Bertz CT molecular complexity index is 747. The fraction of sp³-hybridized carbons (Fsp3) is 0.444. The Labute approximate surface area is 142 Å². The molecule has 1 aromatic rings. The Morgan fingerprint density at radius 3 is 2.60 bits per heavy atom. The zero-order chi connectivity index (χ0) is 18.4. The van der Waals surface area contributed by atoms with Crippen LogP contribution in [0.1, 0.15) is 18.9 Å². The molecule has 0 radical (unpaired) electrons. The van der Waals surface area contributed by atoms with E-state index in [1.165, 1.54) is 12.1 Å². The van der Waals surface area contributed by atoms with Crippen LogP contribution in [0.25, 0.3) is 0 Å². The third kappa shape index (κ3) is 2.72. The summed E-state index contributed by atoms with van der Waals surface area (Å²) < 4.78 is 32.0. The van der Waals surface area contributed by atoms with E-state index in [1.54, 1.807) is 13.0 Å². The van der Waals surface area contributed by atoms with Crippen LogP contribution in [0.5, 0.6) is 0 Å². The SMILES string of the molecule is C/C=C/C1(C(=O)O)C(OCc2ccc(F)c(F)c2)CC2C(C(=O)O)C21. The second kappa shape index (κ2) is 6.22. The molecule has 0 aromatic heterocycles. The van der Waals surface area contributed by atoms with Gasteiger partial charge in [-0.1, -0.05) is 18.2 Å². The summed E-state index contributed by atoms with van der Waals surface area (Å²) in [4.78, 5) is 23.3. The largest absolute Gasteiger partial charge is 0.481 e. The molecule has 0 bridgehead atoms. The quantitative estimate of drug-likeness (QED) is 0.769. The summed E-state index contributed by atoms with van der Waals surface area (Å²) >= 11 is 0. The van der Waals surface area contributed by atoms with E-state index in [2.05, 4.69) is 0 Å². The van der Waals surface area contributed by atoms with Crippen LogP contribution in [-0.2, 0) is 20.9 Å². The first kappa shape index (κ1) is 17.5. The molecule has 5 nitrogen and oxygen atoms in total. The highest BCUT2D eigenvalue weighted by molar-refractivity contribution is 5.84. The molecule has 1 aromatic carbocycles. The maximum Gasteiger partial charge on any atom is 0.316 e. The summed E-state index contributed by atoms with van der Waals surface area (Å²) in [5, 5.41) is 19.1. The van der Waals surface area contributed by atoms with Gasteiger partial charge in [0.25, 0.3) is 0 Å². The smallest absolute Gasteiger partial charge is 0.316 e. The lowest BCUT2D eigenvalue weighted by molar-refractivity contribution is -0.157. The molecule has 0 aliphatic heterocycles. The van der Waals surface area contributed by atoms with Crippen molar-refractivity contribution in [1.29, 1.82) is 0 Å². The molecule has 0 amide bonds. The van der Waals surface area contributed by atoms with Crippen molar-refractivity contribution in [3.8, 4) is 0 Å². The topological polar surface area (TPSA) is 83.8 Å². The molecule has 2 aliphatic rings. The van der Waals surface area contributed by atoms with Gasteiger partial charge in [-0.2, -0.15) is 0 Å². The summed E-state index contributed by atoms with van der Waals surface area (Å²) in [7, 11) is 0. The maximum atomic E-state index is 13.3. The Hall–Kier alpha value is -2.28. The number of rotatable bonds is 6. The summed E-state index contributed by atoms with van der Waals surface area (Å²) in [5.41, 5.74) is -1.03. The van der Waals surface area contributed by atoms with Crippen LogP contribution >= 0.6 is 0 Å². The number of hydrogen-bond acceptors (Lipinski definition) is 3. The van der Waals surface area contributed by atoms with Gasteiger partial charge in [0.2, 0.25) is 0 Å². The number of carbonyl (C=O) groups is 2. The van der Waals surface area contributed by atoms with Crippen LogP contribution < -0.4 is 0 Å². The minimum Gasteiger partial charge on any atom is -0.481 e. The lowest BCUT2D eigenvalue weighted by atomic mass is 9.78. The molecule has 2 N–H and O–H groups in total. The van der Waals surface area contributed by atoms with Crippen LogP contribution in [0.15, 0.2) is 30.4 Å². The molecule has 134 valence electrons.